The molecule has 0 saturated carbocycles. The number of ether oxygens (including phenoxy) is 2. The van der Waals surface area contributed by atoms with Gasteiger partial charge < -0.3 is 25.0 Å². The zero-order valence-corrected chi connectivity index (χ0v) is 21.2. The zero-order valence-electron chi connectivity index (χ0n) is 21.2. The molecule has 0 unspecified atom stereocenters. The van der Waals surface area contributed by atoms with E-state index in [0.717, 1.165) is 25.3 Å². The second-order valence-electron chi connectivity index (χ2n) is 9.45. The fraction of sp³-hybridized carbons (Fsp3) is 0.444. The smallest absolute Gasteiger partial charge is 0.238 e. The summed E-state index contributed by atoms with van der Waals surface area (Å²) in [5, 5.41) is 5.67. The van der Waals surface area contributed by atoms with Gasteiger partial charge in [-0.15, -0.1) is 0 Å². The van der Waals surface area contributed by atoms with Crippen molar-refractivity contribution in [1.29, 1.82) is 0 Å². The largest absolute Gasteiger partial charge is 0.497 e. The predicted molar refractivity (Wildman–Crippen MR) is 137 cm³/mol. The van der Waals surface area contributed by atoms with Gasteiger partial charge in [0.05, 0.1) is 32.1 Å². The first kappa shape index (κ1) is 25.5. The molecule has 2 aliphatic heterocycles. The summed E-state index contributed by atoms with van der Waals surface area (Å²) in [5.41, 5.74) is 2.18. The van der Waals surface area contributed by atoms with Crippen LogP contribution in [0.1, 0.15) is 31.7 Å². The Hall–Kier alpha value is -3.59. The standard InChI is InChI=1S/C27H34N4O5/c1-17(32)28-24-10-9-21(36-4)13-25(24)29-27(34)16-30-12-11-26-23(14-30)22(15-31(26)18(2)33)19-5-7-20(35-3)8-6-19/h5-10,13,22-23,26H,11-12,14-16H2,1-4H3,(H,28,32)(H,29,34)/t22-,23-,26-/m1/s1. The molecule has 2 fully saturated rings. The van der Waals surface area contributed by atoms with E-state index >= 15 is 0 Å². The lowest BCUT2D eigenvalue weighted by Gasteiger charge is -2.38. The fourth-order valence-electron chi connectivity index (χ4n) is 5.46. The second-order valence-corrected chi connectivity index (χ2v) is 9.45. The number of fused-ring (bicyclic) bond motifs is 1. The van der Waals surface area contributed by atoms with Gasteiger partial charge in [-0.1, -0.05) is 12.1 Å². The number of anilines is 2. The van der Waals surface area contributed by atoms with Crippen LogP contribution in [-0.2, 0) is 14.4 Å². The van der Waals surface area contributed by atoms with Gasteiger partial charge in [0, 0.05) is 57.4 Å². The number of piperidine rings is 1. The van der Waals surface area contributed by atoms with E-state index in [2.05, 4.69) is 27.7 Å². The van der Waals surface area contributed by atoms with Gasteiger partial charge in [0.15, 0.2) is 0 Å². The van der Waals surface area contributed by atoms with Crippen LogP contribution in [0.5, 0.6) is 11.5 Å². The number of carbonyl (C=O) groups is 3. The predicted octanol–water partition coefficient (Wildman–Crippen LogP) is 2.94. The van der Waals surface area contributed by atoms with Gasteiger partial charge in [-0.3, -0.25) is 19.3 Å². The Morgan fingerprint density at radius 2 is 1.61 bits per heavy atom. The zero-order chi connectivity index (χ0) is 25.8. The highest BCUT2D eigenvalue weighted by atomic mass is 16.5. The molecule has 36 heavy (non-hydrogen) atoms. The third-order valence-corrected chi connectivity index (χ3v) is 7.14. The van der Waals surface area contributed by atoms with E-state index in [0.29, 0.717) is 23.7 Å². The van der Waals surface area contributed by atoms with E-state index in [9.17, 15) is 14.4 Å². The minimum Gasteiger partial charge on any atom is -0.497 e. The third kappa shape index (κ3) is 5.62. The number of benzene rings is 2. The molecule has 2 heterocycles. The molecule has 0 aliphatic carbocycles. The topological polar surface area (TPSA) is 100 Å². The van der Waals surface area contributed by atoms with E-state index in [4.69, 9.17) is 9.47 Å². The van der Waals surface area contributed by atoms with Gasteiger partial charge in [-0.25, -0.2) is 0 Å². The number of carbonyl (C=O) groups excluding carboxylic acids is 3. The van der Waals surface area contributed by atoms with Crippen molar-refractivity contribution >= 4 is 29.1 Å². The molecule has 2 N–H and O–H groups in total. The quantitative estimate of drug-likeness (QED) is 0.614. The Morgan fingerprint density at radius 3 is 2.25 bits per heavy atom. The molecule has 9 heteroatoms. The van der Waals surface area contributed by atoms with E-state index in [1.165, 1.54) is 12.5 Å². The molecule has 3 atom stereocenters. The number of likely N-dealkylation sites (tertiary alicyclic amines) is 2. The minimum atomic E-state index is -0.224. The van der Waals surface area contributed by atoms with Gasteiger partial charge in [0.25, 0.3) is 0 Å². The lowest BCUT2D eigenvalue weighted by atomic mass is 9.82. The molecule has 0 radical (unpaired) electrons. The second kappa shape index (κ2) is 11.0. The highest BCUT2D eigenvalue weighted by Gasteiger charge is 2.46. The first-order valence-corrected chi connectivity index (χ1v) is 12.2. The van der Waals surface area contributed by atoms with E-state index < -0.39 is 0 Å². The van der Waals surface area contributed by atoms with Crippen molar-refractivity contribution in [2.24, 2.45) is 5.92 Å². The van der Waals surface area contributed by atoms with Crippen molar-refractivity contribution in [3.63, 3.8) is 0 Å². The molecule has 2 aromatic rings. The summed E-state index contributed by atoms with van der Waals surface area (Å²) in [5.74, 6) is 1.51. The average Bonchev–Trinajstić information content (AvgIpc) is 3.24. The van der Waals surface area contributed by atoms with Crippen LogP contribution in [0.2, 0.25) is 0 Å². The normalized spacial score (nSPS) is 21.4. The Labute approximate surface area is 211 Å². The van der Waals surface area contributed by atoms with E-state index in [-0.39, 0.29) is 42.1 Å². The Balaban J connectivity index is 1.47. The number of methoxy groups -OCH3 is 2. The van der Waals surface area contributed by atoms with E-state index in [1.54, 1.807) is 39.3 Å². The van der Waals surface area contributed by atoms with Crippen molar-refractivity contribution < 1.29 is 23.9 Å². The van der Waals surface area contributed by atoms with Crippen molar-refractivity contribution in [3.05, 3.63) is 48.0 Å². The minimum absolute atomic E-state index is 0.0933. The maximum atomic E-state index is 13.0. The number of hydrogen-bond donors (Lipinski definition) is 2. The van der Waals surface area contributed by atoms with Crippen LogP contribution in [0.3, 0.4) is 0 Å². The Morgan fingerprint density at radius 1 is 0.917 bits per heavy atom. The van der Waals surface area contributed by atoms with Crippen LogP contribution in [0.4, 0.5) is 11.4 Å². The molecule has 2 aromatic carbocycles. The van der Waals surface area contributed by atoms with Gasteiger partial charge in [0.2, 0.25) is 17.7 Å². The molecular weight excluding hydrogens is 460 g/mol. The summed E-state index contributed by atoms with van der Waals surface area (Å²) in [4.78, 5) is 41.1. The lowest BCUT2D eigenvalue weighted by Crippen LogP contribution is -2.49. The first-order chi connectivity index (χ1) is 17.3. The van der Waals surface area contributed by atoms with Gasteiger partial charge >= 0.3 is 0 Å². The monoisotopic (exact) mass is 494 g/mol. The van der Waals surface area contributed by atoms with Crippen LogP contribution < -0.4 is 20.1 Å². The van der Waals surface area contributed by atoms with Crippen molar-refractivity contribution in [3.8, 4) is 11.5 Å². The average molecular weight is 495 g/mol. The van der Waals surface area contributed by atoms with Gasteiger partial charge in [0.1, 0.15) is 11.5 Å². The number of amides is 3. The third-order valence-electron chi connectivity index (χ3n) is 7.14. The maximum absolute atomic E-state index is 13.0. The molecule has 3 amide bonds. The molecule has 192 valence electrons. The molecule has 9 nitrogen and oxygen atoms in total. The van der Waals surface area contributed by atoms with Crippen molar-refractivity contribution in [2.75, 3.05) is 51.0 Å². The Bertz CT molecular complexity index is 1120. The van der Waals surface area contributed by atoms with Gasteiger partial charge in [-0.2, -0.15) is 0 Å². The summed E-state index contributed by atoms with van der Waals surface area (Å²) in [7, 11) is 3.20. The first-order valence-electron chi connectivity index (χ1n) is 12.2. The summed E-state index contributed by atoms with van der Waals surface area (Å²) in [6.07, 6.45) is 0.820. The Kier molecular flexibility index (Phi) is 7.79. The van der Waals surface area contributed by atoms with Crippen LogP contribution >= 0.6 is 0 Å². The molecule has 0 bridgehead atoms. The molecular formula is C27H34N4O5. The van der Waals surface area contributed by atoms with Crippen LogP contribution in [0.15, 0.2) is 42.5 Å². The summed E-state index contributed by atoms with van der Waals surface area (Å²) < 4.78 is 10.6. The fourth-order valence-corrected chi connectivity index (χ4v) is 5.46. The summed E-state index contributed by atoms with van der Waals surface area (Å²) >= 11 is 0. The lowest BCUT2D eigenvalue weighted by molar-refractivity contribution is -0.131. The van der Waals surface area contributed by atoms with Crippen molar-refractivity contribution in [1.82, 2.24) is 9.80 Å². The van der Waals surface area contributed by atoms with Crippen LogP contribution in [-0.4, -0.2) is 74.0 Å². The number of hydrogen-bond acceptors (Lipinski definition) is 6. The molecule has 0 aromatic heterocycles. The maximum Gasteiger partial charge on any atom is 0.238 e. The highest BCUT2D eigenvalue weighted by molar-refractivity contribution is 5.99. The summed E-state index contributed by atoms with van der Waals surface area (Å²) in [6.45, 7) is 5.40. The van der Waals surface area contributed by atoms with Gasteiger partial charge in [-0.05, 0) is 36.2 Å². The number of nitrogens with zero attached hydrogens (tertiary/aromatic N) is 2. The molecule has 4 rings (SSSR count). The number of rotatable bonds is 7. The SMILES string of the molecule is COc1ccc([C@H]2CN(C(C)=O)[C@@H]3CCN(CC(=O)Nc4cc(OC)ccc4NC(C)=O)C[C@H]23)cc1. The highest BCUT2D eigenvalue weighted by Crippen LogP contribution is 2.42. The van der Waals surface area contributed by atoms with Crippen molar-refractivity contribution in [2.45, 2.75) is 32.2 Å². The molecule has 2 aliphatic rings. The molecule has 0 spiro atoms. The van der Waals surface area contributed by atoms with E-state index in [1.807, 2.05) is 17.0 Å². The van der Waals surface area contributed by atoms with Crippen LogP contribution in [0, 0.1) is 5.92 Å². The van der Waals surface area contributed by atoms with Crippen LogP contribution in [0.25, 0.3) is 0 Å². The summed E-state index contributed by atoms with van der Waals surface area (Å²) in [6, 6.07) is 13.3. The number of nitrogens with one attached hydrogen (secondary N) is 2. The molecule has 2 saturated heterocycles.